The molecule has 0 atom stereocenters. The number of rotatable bonds is 2. The Hall–Kier alpha value is -2.07. The fourth-order valence-corrected chi connectivity index (χ4v) is 2.70. The van der Waals surface area contributed by atoms with Crippen molar-refractivity contribution in [2.24, 2.45) is 0 Å². The molecular weight excluding hydrogens is 242 g/mol. The molecule has 1 aromatic rings. The van der Waals surface area contributed by atoms with Gasteiger partial charge in [0.1, 0.15) is 6.54 Å². The molecule has 0 fully saturated rings. The summed E-state index contributed by atoms with van der Waals surface area (Å²) in [6.45, 7) is -0.291. The first kappa shape index (κ1) is 11.4. The molecule has 0 saturated carbocycles. The van der Waals surface area contributed by atoms with Crippen LogP contribution in [0.25, 0.3) is 0 Å². The van der Waals surface area contributed by atoms with Crippen LogP contribution in [0, 0.1) is 11.3 Å². The molecule has 0 spiro atoms. The van der Waals surface area contributed by atoms with E-state index in [0.717, 1.165) is 4.31 Å². The minimum absolute atomic E-state index is 0.291. The lowest BCUT2D eigenvalue weighted by Gasteiger charge is -2.29. The molecule has 0 bridgehead atoms. The summed E-state index contributed by atoms with van der Waals surface area (Å²) in [5.74, 6) is -1.06. The lowest BCUT2D eigenvalue weighted by Crippen LogP contribution is -2.42. The maximum atomic E-state index is 11.8. The summed E-state index contributed by atoms with van der Waals surface area (Å²) in [6.07, 6.45) is 0. The van der Waals surface area contributed by atoms with E-state index >= 15 is 0 Å². The van der Waals surface area contributed by atoms with Crippen LogP contribution in [0.3, 0.4) is 0 Å². The number of hydrogen-bond acceptors (Lipinski definition) is 4. The number of nitrogens with zero attached hydrogens (tertiary/aromatic N) is 2. The van der Waals surface area contributed by atoms with Crippen molar-refractivity contribution in [2.75, 3.05) is 21.9 Å². The molecule has 6 nitrogen and oxygen atoms in total. The van der Waals surface area contributed by atoms with E-state index < -0.39 is 21.7 Å². The van der Waals surface area contributed by atoms with Crippen LogP contribution in [-0.4, -0.2) is 26.6 Å². The Balaban J connectivity index is 2.51. The fraction of sp³-hybridized carbons (Fsp3) is 0.200. The quantitative estimate of drug-likeness (QED) is 0.818. The zero-order chi connectivity index (χ0) is 12.5. The predicted molar refractivity (Wildman–Crippen MR) is 61.8 cm³/mol. The third-order valence-corrected chi connectivity index (χ3v) is 3.81. The van der Waals surface area contributed by atoms with E-state index in [9.17, 15) is 13.2 Å². The molecule has 0 saturated heterocycles. The molecule has 1 aromatic carbocycles. The minimum atomic E-state index is -3.77. The first-order chi connectivity index (χ1) is 8.04. The Morgan fingerprint density at radius 1 is 1.41 bits per heavy atom. The molecular formula is C10H9N3O3S. The average molecular weight is 251 g/mol. The number of anilines is 2. The van der Waals surface area contributed by atoms with Crippen LogP contribution in [0.5, 0.6) is 0 Å². The normalized spacial score (nSPS) is 14.8. The molecule has 1 N–H and O–H groups in total. The van der Waals surface area contributed by atoms with Gasteiger partial charge in [-0.1, -0.05) is 12.1 Å². The van der Waals surface area contributed by atoms with Gasteiger partial charge in [0.2, 0.25) is 15.9 Å². The second-order valence-corrected chi connectivity index (χ2v) is 5.38. The Bertz CT molecular complexity index is 603. The Kier molecular flexibility index (Phi) is 2.73. The van der Waals surface area contributed by atoms with E-state index in [1.807, 2.05) is 0 Å². The Morgan fingerprint density at radius 2 is 2.12 bits per heavy atom. The van der Waals surface area contributed by atoms with Crippen LogP contribution >= 0.6 is 0 Å². The Morgan fingerprint density at radius 3 is 2.82 bits per heavy atom. The smallest absolute Gasteiger partial charge is 0.249 e. The number of sulfonamides is 1. The summed E-state index contributed by atoms with van der Waals surface area (Å²) in [4.78, 5) is 11.4. The van der Waals surface area contributed by atoms with Crippen molar-refractivity contribution in [2.45, 2.75) is 0 Å². The average Bonchev–Trinajstić information content (AvgIpc) is 2.27. The van der Waals surface area contributed by atoms with Crippen molar-refractivity contribution in [1.82, 2.24) is 0 Å². The molecule has 17 heavy (non-hydrogen) atoms. The van der Waals surface area contributed by atoms with Crippen LogP contribution in [-0.2, 0) is 14.8 Å². The maximum absolute atomic E-state index is 11.8. The lowest BCUT2D eigenvalue weighted by molar-refractivity contribution is -0.115. The van der Waals surface area contributed by atoms with Gasteiger partial charge in [0, 0.05) is 0 Å². The highest BCUT2D eigenvalue weighted by molar-refractivity contribution is 7.93. The third kappa shape index (κ3) is 2.07. The molecule has 2 rings (SSSR count). The van der Waals surface area contributed by atoms with Crippen LogP contribution in [0.2, 0.25) is 0 Å². The summed E-state index contributed by atoms with van der Waals surface area (Å²) in [5, 5.41) is 11.1. The van der Waals surface area contributed by atoms with Gasteiger partial charge in [-0.3, -0.25) is 9.10 Å². The van der Waals surface area contributed by atoms with E-state index in [-0.39, 0.29) is 6.54 Å². The summed E-state index contributed by atoms with van der Waals surface area (Å²) >= 11 is 0. The van der Waals surface area contributed by atoms with Crippen LogP contribution < -0.4 is 9.62 Å². The lowest BCUT2D eigenvalue weighted by atomic mass is 10.2. The number of fused-ring (bicyclic) bond motifs is 1. The number of carbonyl (C=O) groups is 1. The van der Waals surface area contributed by atoms with Crippen molar-refractivity contribution >= 4 is 27.3 Å². The molecule has 1 aliphatic rings. The van der Waals surface area contributed by atoms with E-state index in [4.69, 9.17) is 5.26 Å². The summed E-state index contributed by atoms with van der Waals surface area (Å²) in [7, 11) is -3.77. The van der Waals surface area contributed by atoms with E-state index in [2.05, 4.69) is 5.32 Å². The van der Waals surface area contributed by atoms with Crippen LogP contribution in [0.4, 0.5) is 11.4 Å². The van der Waals surface area contributed by atoms with Crippen molar-refractivity contribution in [3.8, 4) is 6.07 Å². The number of amides is 1. The summed E-state index contributed by atoms with van der Waals surface area (Å²) < 4.78 is 24.6. The van der Waals surface area contributed by atoms with Crippen LogP contribution in [0.15, 0.2) is 24.3 Å². The van der Waals surface area contributed by atoms with E-state index in [1.54, 1.807) is 30.3 Å². The number of hydrogen-bond donors (Lipinski definition) is 1. The van der Waals surface area contributed by atoms with Crippen LogP contribution in [0.1, 0.15) is 0 Å². The second-order valence-electron chi connectivity index (χ2n) is 3.49. The fourth-order valence-electron chi connectivity index (χ4n) is 1.61. The third-order valence-electron chi connectivity index (χ3n) is 2.32. The topological polar surface area (TPSA) is 90.3 Å². The SMILES string of the molecule is N#CCS(=O)(=O)N1CC(=O)Nc2ccccc21. The molecule has 1 heterocycles. The van der Waals surface area contributed by atoms with Gasteiger partial charge < -0.3 is 5.32 Å². The second kappa shape index (κ2) is 4.07. The molecule has 88 valence electrons. The molecule has 1 amide bonds. The summed E-state index contributed by atoms with van der Waals surface area (Å²) in [5.41, 5.74) is 0.826. The van der Waals surface area contributed by atoms with Gasteiger partial charge in [-0.25, -0.2) is 8.42 Å². The number of benzene rings is 1. The summed E-state index contributed by atoms with van der Waals surface area (Å²) in [6, 6.07) is 8.15. The number of nitrogens with one attached hydrogen (secondary N) is 1. The van der Waals surface area contributed by atoms with Gasteiger partial charge in [-0.2, -0.15) is 5.26 Å². The van der Waals surface area contributed by atoms with E-state index in [0.29, 0.717) is 11.4 Å². The number of para-hydroxylation sites is 2. The molecule has 0 unspecified atom stereocenters. The highest BCUT2D eigenvalue weighted by Crippen LogP contribution is 2.30. The Labute approximate surface area is 98.5 Å². The van der Waals surface area contributed by atoms with Crippen molar-refractivity contribution in [3.05, 3.63) is 24.3 Å². The number of nitriles is 1. The van der Waals surface area contributed by atoms with Crippen molar-refractivity contribution < 1.29 is 13.2 Å². The van der Waals surface area contributed by atoms with E-state index in [1.165, 1.54) is 0 Å². The molecule has 7 heteroatoms. The zero-order valence-corrected chi connectivity index (χ0v) is 9.57. The molecule has 1 aliphatic heterocycles. The largest absolute Gasteiger partial charge is 0.323 e. The number of carbonyl (C=O) groups excluding carboxylic acids is 1. The minimum Gasteiger partial charge on any atom is -0.323 e. The maximum Gasteiger partial charge on any atom is 0.249 e. The van der Waals surface area contributed by atoms with Crippen molar-refractivity contribution in [3.63, 3.8) is 0 Å². The van der Waals surface area contributed by atoms with Gasteiger partial charge in [0.05, 0.1) is 17.4 Å². The van der Waals surface area contributed by atoms with Gasteiger partial charge in [0.15, 0.2) is 5.75 Å². The van der Waals surface area contributed by atoms with Gasteiger partial charge in [-0.15, -0.1) is 0 Å². The van der Waals surface area contributed by atoms with Gasteiger partial charge in [-0.05, 0) is 12.1 Å². The van der Waals surface area contributed by atoms with Gasteiger partial charge >= 0.3 is 0 Å². The molecule has 0 radical (unpaired) electrons. The first-order valence-electron chi connectivity index (χ1n) is 4.81. The molecule has 0 aliphatic carbocycles. The standard InChI is InChI=1S/C10H9N3O3S/c11-5-6-17(15,16)13-7-10(14)12-8-3-1-2-4-9(8)13/h1-4H,6-7H2,(H,12,14). The zero-order valence-electron chi connectivity index (χ0n) is 8.75. The highest BCUT2D eigenvalue weighted by Gasteiger charge is 2.30. The monoisotopic (exact) mass is 251 g/mol. The van der Waals surface area contributed by atoms with Crippen molar-refractivity contribution in [1.29, 1.82) is 5.26 Å². The predicted octanol–water partition coefficient (Wildman–Crippen LogP) is 0.298. The molecule has 0 aromatic heterocycles. The van der Waals surface area contributed by atoms with Gasteiger partial charge in [0.25, 0.3) is 0 Å². The first-order valence-corrected chi connectivity index (χ1v) is 6.42. The highest BCUT2D eigenvalue weighted by atomic mass is 32.2.